The van der Waals surface area contributed by atoms with Crippen LogP contribution in [0, 0.1) is 40.4 Å². The quantitative estimate of drug-likeness (QED) is 0.481. The number of ketones is 1. The molecule has 3 aliphatic rings. The summed E-state index contributed by atoms with van der Waals surface area (Å²) in [4.78, 5) is 12.0. The largest absolute Gasteiger partial charge is 0.396 e. The summed E-state index contributed by atoms with van der Waals surface area (Å²) in [5.74, 6) is 3.42. The lowest BCUT2D eigenvalue weighted by Crippen LogP contribution is -2.47. The molecule has 0 spiro atoms. The molecule has 0 radical (unpaired) electrons. The zero-order chi connectivity index (χ0) is 21.4. The van der Waals surface area contributed by atoms with E-state index < -0.39 is 0 Å². The predicted molar refractivity (Wildman–Crippen MR) is 122 cm³/mol. The number of hydrogen-bond acceptors (Lipinski definition) is 2. The van der Waals surface area contributed by atoms with E-state index in [0.29, 0.717) is 47.4 Å². The topological polar surface area (TPSA) is 37.3 Å². The van der Waals surface area contributed by atoms with Crippen molar-refractivity contribution in [3.63, 3.8) is 0 Å². The average Bonchev–Trinajstić information content (AvgIpc) is 2.70. The van der Waals surface area contributed by atoms with Crippen molar-refractivity contribution in [1.82, 2.24) is 0 Å². The lowest BCUT2D eigenvalue weighted by Gasteiger charge is -2.56. The molecule has 0 heterocycles. The van der Waals surface area contributed by atoms with E-state index in [-0.39, 0.29) is 5.41 Å². The molecule has 3 rings (SSSR count). The Bertz CT molecular complexity index is 674. The van der Waals surface area contributed by atoms with Crippen molar-refractivity contribution in [2.24, 2.45) is 40.4 Å². The van der Waals surface area contributed by atoms with Crippen LogP contribution in [-0.4, -0.2) is 17.5 Å². The van der Waals surface area contributed by atoms with Gasteiger partial charge in [-0.05, 0) is 78.6 Å². The van der Waals surface area contributed by atoms with Crippen LogP contribution in [0.15, 0.2) is 23.3 Å². The van der Waals surface area contributed by atoms with Gasteiger partial charge >= 0.3 is 0 Å². The molecule has 29 heavy (non-hydrogen) atoms. The van der Waals surface area contributed by atoms with Crippen molar-refractivity contribution < 1.29 is 9.90 Å². The summed E-state index contributed by atoms with van der Waals surface area (Å²) < 4.78 is 0. The van der Waals surface area contributed by atoms with Gasteiger partial charge in [-0.1, -0.05) is 71.6 Å². The molecule has 2 nitrogen and oxygen atoms in total. The van der Waals surface area contributed by atoms with Crippen LogP contribution < -0.4 is 0 Å². The second-order valence-corrected chi connectivity index (χ2v) is 11.3. The molecule has 1 saturated carbocycles. The van der Waals surface area contributed by atoms with Crippen molar-refractivity contribution in [1.29, 1.82) is 0 Å². The van der Waals surface area contributed by atoms with Crippen LogP contribution >= 0.6 is 0 Å². The number of rotatable bonds is 7. The van der Waals surface area contributed by atoms with Gasteiger partial charge in [-0.25, -0.2) is 0 Å². The molecule has 164 valence electrons. The third-order valence-corrected chi connectivity index (χ3v) is 9.71. The molecule has 2 heteroatoms. The predicted octanol–water partition coefficient (Wildman–Crippen LogP) is 6.74. The Labute approximate surface area is 179 Å². The van der Waals surface area contributed by atoms with Gasteiger partial charge in [-0.15, -0.1) is 0 Å². The molecular formula is C27H44O2. The van der Waals surface area contributed by atoms with Gasteiger partial charge in [0.2, 0.25) is 0 Å². The van der Waals surface area contributed by atoms with Crippen LogP contribution in [0.3, 0.4) is 0 Å². The van der Waals surface area contributed by atoms with E-state index in [4.69, 9.17) is 0 Å². The van der Waals surface area contributed by atoms with Crippen LogP contribution in [0.2, 0.25) is 0 Å². The second-order valence-electron chi connectivity index (χ2n) is 11.3. The van der Waals surface area contributed by atoms with Crippen molar-refractivity contribution in [2.45, 2.75) is 92.9 Å². The minimum atomic E-state index is 0.211. The third-order valence-electron chi connectivity index (χ3n) is 9.71. The maximum absolute atomic E-state index is 12.0. The highest BCUT2D eigenvalue weighted by atomic mass is 16.3. The molecule has 0 aliphatic heterocycles. The normalized spacial score (nSPS) is 37.7. The summed E-state index contributed by atoms with van der Waals surface area (Å²) >= 11 is 0. The van der Waals surface area contributed by atoms with Gasteiger partial charge in [0, 0.05) is 13.0 Å². The first-order valence-corrected chi connectivity index (χ1v) is 12.2. The summed E-state index contributed by atoms with van der Waals surface area (Å²) in [7, 11) is 0. The molecule has 0 aromatic heterocycles. The van der Waals surface area contributed by atoms with Crippen molar-refractivity contribution in [2.75, 3.05) is 6.61 Å². The number of aliphatic hydroxyl groups excluding tert-OH is 1. The SMILES string of the molecule is CC(CO)CCCC(C)C(C)C1(C)CCC2C(=CCC3=CC(=O)CCC32C)C1C. The lowest BCUT2D eigenvalue weighted by molar-refractivity contribution is -0.116. The number of aliphatic hydroxyl groups is 1. The fraction of sp³-hybridized carbons (Fsp3) is 0.815. The minimum Gasteiger partial charge on any atom is -0.396 e. The number of hydrogen-bond donors (Lipinski definition) is 1. The molecule has 0 amide bonds. The Hall–Kier alpha value is -0.890. The monoisotopic (exact) mass is 400 g/mol. The van der Waals surface area contributed by atoms with Crippen molar-refractivity contribution in [3.05, 3.63) is 23.3 Å². The van der Waals surface area contributed by atoms with Crippen LogP contribution in [0.25, 0.3) is 0 Å². The summed E-state index contributed by atoms with van der Waals surface area (Å²) in [5.41, 5.74) is 3.66. The summed E-state index contributed by atoms with van der Waals surface area (Å²) in [6, 6.07) is 0. The zero-order valence-electron chi connectivity index (χ0n) is 19.8. The van der Waals surface area contributed by atoms with Gasteiger partial charge in [-0.3, -0.25) is 4.79 Å². The standard InChI is InChI=1S/C27H44O2/c1-18(17-28)8-7-9-19(2)20(3)26(5)15-13-25-24(21(26)4)11-10-22-16-23(29)12-14-27(22,25)6/h11,16,18-21,25,28H,7-10,12-15,17H2,1-6H3. The summed E-state index contributed by atoms with van der Waals surface area (Å²) in [6.45, 7) is 14.9. The zero-order valence-corrected chi connectivity index (χ0v) is 19.8. The fourth-order valence-corrected chi connectivity index (χ4v) is 6.82. The van der Waals surface area contributed by atoms with Gasteiger partial charge in [0.05, 0.1) is 0 Å². The Kier molecular flexibility index (Phi) is 6.83. The highest BCUT2D eigenvalue weighted by Crippen LogP contribution is 2.61. The molecule has 1 fully saturated rings. The Balaban J connectivity index is 1.73. The van der Waals surface area contributed by atoms with Crippen LogP contribution in [0.1, 0.15) is 92.9 Å². The van der Waals surface area contributed by atoms with E-state index in [1.807, 2.05) is 6.08 Å². The Morgan fingerprint density at radius 2 is 1.90 bits per heavy atom. The number of fused-ring (bicyclic) bond motifs is 3. The Morgan fingerprint density at radius 1 is 1.17 bits per heavy atom. The first-order chi connectivity index (χ1) is 13.6. The van der Waals surface area contributed by atoms with Crippen LogP contribution in [-0.2, 0) is 4.79 Å². The van der Waals surface area contributed by atoms with Crippen molar-refractivity contribution in [3.8, 4) is 0 Å². The molecule has 0 bridgehead atoms. The molecule has 0 aromatic rings. The number of allylic oxidation sites excluding steroid dienone is 4. The first-order valence-electron chi connectivity index (χ1n) is 12.2. The molecule has 3 aliphatic carbocycles. The lowest BCUT2D eigenvalue weighted by atomic mass is 9.48. The highest BCUT2D eigenvalue weighted by molar-refractivity contribution is 5.91. The van der Waals surface area contributed by atoms with Crippen LogP contribution in [0.4, 0.5) is 0 Å². The minimum absolute atomic E-state index is 0.211. The van der Waals surface area contributed by atoms with Gasteiger partial charge in [0.1, 0.15) is 0 Å². The van der Waals surface area contributed by atoms with E-state index >= 15 is 0 Å². The summed E-state index contributed by atoms with van der Waals surface area (Å²) in [5, 5.41) is 9.29. The second kappa shape index (κ2) is 8.69. The van der Waals surface area contributed by atoms with Gasteiger partial charge < -0.3 is 5.11 Å². The van der Waals surface area contributed by atoms with E-state index in [1.54, 1.807) is 5.57 Å². The van der Waals surface area contributed by atoms with Gasteiger partial charge in [-0.2, -0.15) is 0 Å². The number of carbonyl (C=O) groups is 1. The molecule has 0 aromatic carbocycles. The average molecular weight is 401 g/mol. The smallest absolute Gasteiger partial charge is 0.155 e. The summed E-state index contributed by atoms with van der Waals surface area (Å²) in [6.07, 6.45) is 13.4. The molecular weight excluding hydrogens is 356 g/mol. The molecule has 1 N–H and O–H groups in total. The highest BCUT2D eigenvalue weighted by Gasteiger charge is 2.52. The first kappa shape index (κ1) is 22.8. The van der Waals surface area contributed by atoms with E-state index in [0.717, 1.165) is 25.7 Å². The fourth-order valence-electron chi connectivity index (χ4n) is 6.82. The number of carbonyl (C=O) groups excluding carboxylic acids is 1. The Morgan fingerprint density at radius 3 is 2.59 bits per heavy atom. The van der Waals surface area contributed by atoms with Crippen LogP contribution in [0.5, 0.6) is 0 Å². The molecule has 7 atom stereocenters. The van der Waals surface area contributed by atoms with E-state index in [2.05, 4.69) is 47.6 Å². The maximum atomic E-state index is 12.0. The van der Waals surface area contributed by atoms with E-state index in [9.17, 15) is 9.90 Å². The van der Waals surface area contributed by atoms with E-state index in [1.165, 1.54) is 31.3 Å². The van der Waals surface area contributed by atoms with Gasteiger partial charge in [0.25, 0.3) is 0 Å². The third kappa shape index (κ3) is 4.16. The van der Waals surface area contributed by atoms with Crippen molar-refractivity contribution >= 4 is 5.78 Å². The maximum Gasteiger partial charge on any atom is 0.155 e. The molecule has 0 saturated heterocycles. The van der Waals surface area contributed by atoms with Gasteiger partial charge in [0.15, 0.2) is 5.78 Å². The molecule has 7 unspecified atom stereocenters.